The van der Waals surface area contributed by atoms with Gasteiger partial charge in [-0.2, -0.15) is 0 Å². The van der Waals surface area contributed by atoms with Gasteiger partial charge in [0.25, 0.3) is 5.91 Å². The van der Waals surface area contributed by atoms with Crippen LogP contribution in [0.2, 0.25) is 0 Å². The van der Waals surface area contributed by atoms with Crippen LogP contribution in [0.3, 0.4) is 0 Å². The van der Waals surface area contributed by atoms with Gasteiger partial charge in [-0.25, -0.2) is 9.97 Å². The van der Waals surface area contributed by atoms with Crippen LogP contribution in [-0.4, -0.2) is 40.9 Å². The summed E-state index contributed by atoms with van der Waals surface area (Å²) in [6, 6.07) is 12.8. The SMILES string of the molecule is [2H]C([2H])(c1ncccn1)N1C(=O)c2cc(-c3ccc(OC)cc3)ccc2OC([2H])([2H])C1([2H])[2H]. The molecule has 1 aromatic heterocycles. The molecule has 4 rings (SSSR count). The maximum Gasteiger partial charge on any atom is 0.258 e. The highest BCUT2D eigenvalue weighted by molar-refractivity contribution is 5.98. The second kappa shape index (κ2) is 7.45. The number of fused-ring (bicyclic) bond motifs is 1. The van der Waals surface area contributed by atoms with Crippen LogP contribution in [-0.2, 0) is 6.50 Å². The van der Waals surface area contributed by atoms with Crippen molar-refractivity contribution in [1.29, 1.82) is 0 Å². The Hall–Kier alpha value is -3.41. The molecule has 0 fully saturated rings. The van der Waals surface area contributed by atoms with Crippen molar-refractivity contribution >= 4 is 5.91 Å². The van der Waals surface area contributed by atoms with Gasteiger partial charge in [-0.15, -0.1) is 0 Å². The van der Waals surface area contributed by atoms with Gasteiger partial charge in [-0.1, -0.05) is 18.2 Å². The molecular weight excluding hydrogens is 342 g/mol. The number of aromatic nitrogens is 2. The molecule has 0 spiro atoms. The lowest BCUT2D eigenvalue weighted by Gasteiger charge is -2.19. The first kappa shape index (κ1) is 11.3. The Morgan fingerprint density at radius 3 is 2.67 bits per heavy atom. The Balaban J connectivity index is 1.88. The van der Waals surface area contributed by atoms with Crippen molar-refractivity contribution in [3.05, 3.63) is 72.3 Å². The summed E-state index contributed by atoms with van der Waals surface area (Å²) < 4.78 is 60.5. The Labute approximate surface area is 165 Å². The van der Waals surface area contributed by atoms with Gasteiger partial charge in [0.2, 0.25) is 0 Å². The third-order valence-electron chi connectivity index (χ3n) is 3.93. The maximum absolute atomic E-state index is 13.6. The van der Waals surface area contributed by atoms with Crippen LogP contribution < -0.4 is 9.47 Å². The van der Waals surface area contributed by atoms with Crippen molar-refractivity contribution in [2.45, 2.75) is 6.50 Å². The highest BCUT2D eigenvalue weighted by Crippen LogP contribution is 2.30. The first-order valence-corrected chi connectivity index (χ1v) is 8.09. The quantitative estimate of drug-likeness (QED) is 0.709. The van der Waals surface area contributed by atoms with Gasteiger partial charge in [-0.3, -0.25) is 4.79 Å². The van der Waals surface area contributed by atoms with Crippen molar-refractivity contribution in [2.75, 3.05) is 20.2 Å². The molecule has 136 valence electrons. The number of carbonyl (C=O) groups excluding carboxylic acids is 1. The van der Waals surface area contributed by atoms with E-state index in [4.69, 9.17) is 17.7 Å². The molecule has 6 nitrogen and oxygen atoms in total. The molecule has 0 radical (unpaired) electrons. The summed E-state index contributed by atoms with van der Waals surface area (Å²) in [5.74, 6) is -1.17. The second-order valence-corrected chi connectivity index (χ2v) is 5.58. The summed E-state index contributed by atoms with van der Waals surface area (Å²) >= 11 is 0. The number of methoxy groups -OCH3 is 1. The van der Waals surface area contributed by atoms with Gasteiger partial charge >= 0.3 is 0 Å². The summed E-state index contributed by atoms with van der Waals surface area (Å²) in [6.45, 7) is -9.19. The van der Waals surface area contributed by atoms with Crippen LogP contribution in [0, 0.1) is 0 Å². The lowest BCUT2D eigenvalue weighted by Crippen LogP contribution is -2.32. The fourth-order valence-electron chi connectivity index (χ4n) is 2.58. The van der Waals surface area contributed by atoms with Crippen LogP contribution in [0.5, 0.6) is 11.5 Å². The molecule has 0 unspecified atom stereocenters. The number of nitrogens with zero attached hydrogens (tertiary/aromatic N) is 3. The highest BCUT2D eigenvalue weighted by Gasteiger charge is 2.24. The number of carbonyl (C=O) groups is 1. The number of hydrogen-bond donors (Lipinski definition) is 0. The normalized spacial score (nSPS) is 21.1. The Morgan fingerprint density at radius 2 is 1.93 bits per heavy atom. The van der Waals surface area contributed by atoms with E-state index in [-0.39, 0.29) is 16.2 Å². The molecule has 0 atom stereocenters. The van der Waals surface area contributed by atoms with Gasteiger partial charge in [0.05, 0.1) is 33.9 Å². The van der Waals surface area contributed by atoms with Crippen molar-refractivity contribution in [2.24, 2.45) is 0 Å². The fourth-order valence-corrected chi connectivity index (χ4v) is 2.58. The predicted octanol–water partition coefficient (Wildman–Crippen LogP) is 3.19. The van der Waals surface area contributed by atoms with Crippen LogP contribution in [0.1, 0.15) is 24.4 Å². The topological polar surface area (TPSA) is 64.6 Å². The van der Waals surface area contributed by atoms with Crippen molar-refractivity contribution in [3.8, 4) is 22.6 Å². The minimum absolute atomic E-state index is 0.166. The van der Waals surface area contributed by atoms with E-state index in [0.29, 0.717) is 16.9 Å². The van der Waals surface area contributed by atoms with E-state index < -0.39 is 31.3 Å². The molecule has 0 saturated heterocycles. The van der Waals surface area contributed by atoms with Gasteiger partial charge in [-0.05, 0) is 41.5 Å². The molecule has 3 aromatic rings. The fraction of sp³-hybridized carbons (Fsp3) is 0.190. The summed E-state index contributed by atoms with van der Waals surface area (Å²) in [4.78, 5) is 21.4. The monoisotopic (exact) mass is 367 g/mol. The van der Waals surface area contributed by atoms with Gasteiger partial charge in [0.1, 0.15) is 23.9 Å². The average molecular weight is 367 g/mol. The molecule has 0 bridgehead atoms. The first-order chi connectivity index (χ1) is 15.5. The number of hydrogen-bond acceptors (Lipinski definition) is 5. The summed E-state index contributed by atoms with van der Waals surface area (Å²) in [7, 11) is 1.54. The van der Waals surface area contributed by atoms with Crippen LogP contribution in [0.25, 0.3) is 11.1 Å². The smallest absolute Gasteiger partial charge is 0.258 e. The number of benzene rings is 2. The molecule has 2 aromatic carbocycles. The lowest BCUT2D eigenvalue weighted by molar-refractivity contribution is 0.0738. The molecule has 27 heavy (non-hydrogen) atoms. The number of rotatable bonds is 4. The Kier molecular flexibility index (Phi) is 3.13. The molecule has 1 aliphatic rings. The molecular formula is C21H19N3O3. The summed E-state index contributed by atoms with van der Waals surface area (Å²) in [6.07, 6.45) is 2.50. The highest BCUT2D eigenvalue weighted by atomic mass is 16.5. The van der Waals surface area contributed by atoms with Gasteiger partial charge in [0, 0.05) is 12.4 Å². The average Bonchev–Trinajstić information content (AvgIpc) is 2.84. The molecule has 1 amide bonds. The van der Waals surface area contributed by atoms with E-state index in [1.807, 2.05) is 0 Å². The van der Waals surface area contributed by atoms with Crippen molar-refractivity contribution in [3.63, 3.8) is 0 Å². The number of amides is 1. The molecule has 1 aliphatic heterocycles. The van der Waals surface area contributed by atoms with Crippen molar-refractivity contribution < 1.29 is 22.5 Å². The van der Waals surface area contributed by atoms with E-state index in [9.17, 15) is 4.79 Å². The predicted molar refractivity (Wildman–Crippen MR) is 101 cm³/mol. The largest absolute Gasteiger partial charge is 0.497 e. The van der Waals surface area contributed by atoms with E-state index in [2.05, 4.69) is 9.97 Å². The third-order valence-corrected chi connectivity index (χ3v) is 3.93. The Morgan fingerprint density at radius 1 is 1.19 bits per heavy atom. The molecule has 0 aliphatic carbocycles. The minimum Gasteiger partial charge on any atom is -0.497 e. The summed E-state index contributed by atoms with van der Waals surface area (Å²) in [5, 5.41) is 0. The van der Waals surface area contributed by atoms with E-state index in [1.165, 1.54) is 37.7 Å². The van der Waals surface area contributed by atoms with Crippen LogP contribution in [0.4, 0.5) is 0 Å². The zero-order chi connectivity index (χ0) is 24.0. The zero-order valence-electron chi connectivity index (χ0n) is 20.3. The molecule has 0 saturated carbocycles. The van der Waals surface area contributed by atoms with E-state index >= 15 is 0 Å². The first-order valence-electron chi connectivity index (χ1n) is 11.1. The second-order valence-electron chi connectivity index (χ2n) is 5.58. The Bertz CT molecular complexity index is 1190. The standard InChI is InChI=1S/C21H19N3O3/c1-26-17-6-3-15(4-7-17)16-5-8-19-18(13-16)21(25)24(11-12-27-19)14-20-22-9-2-10-23-20/h2-10,13H,11-12,14H2,1H3/i11D2,12D2,14D2. The van der Waals surface area contributed by atoms with Gasteiger partial charge < -0.3 is 14.4 Å². The third kappa shape index (κ3) is 3.60. The molecule has 6 heteroatoms. The van der Waals surface area contributed by atoms with Crippen molar-refractivity contribution in [1.82, 2.24) is 14.9 Å². The number of ether oxygens (including phenoxy) is 2. The summed E-state index contributed by atoms with van der Waals surface area (Å²) in [5.41, 5.74) is 1.07. The van der Waals surface area contributed by atoms with Gasteiger partial charge in [0.15, 0.2) is 0 Å². The maximum atomic E-state index is 13.6. The van der Waals surface area contributed by atoms with E-state index in [0.717, 1.165) is 0 Å². The molecule has 0 N–H and O–H groups in total. The zero-order valence-corrected chi connectivity index (χ0v) is 14.3. The van der Waals surface area contributed by atoms with Crippen LogP contribution >= 0.6 is 0 Å². The van der Waals surface area contributed by atoms with Crippen LogP contribution in [0.15, 0.2) is 60.9 Å². The lowest BCUT2D eigenvalue weighted by atomic mass is 10.0. The minimum atomic E-state index is -3.22. The molecule has 2 heterocycles. The van der Waals surface area contributed by atoms with E-state index in [1.54, 1.807) is 30.3 Å².